The number of hydrogen-bond acceptors (Lipinski definition) is 4. The van der Waals surface area contributed by atoms with E-state index in [0.29, 0.717) is 6.42 Å². The van der Waals surface area contributed by atoms with Gasteiger partial charge in [0.2, 0.25) is 5.60 Å². The van der Waals surface area contributed by atoms with Gasteiger partial charge in [0.1, 0.15) is 5.71 Å². The molecule has 1 aromatic rings. The molecule has 5 heteroatoms. The number of thiophene rings is 1. The third-order valence-corrected chi connectivity index (χ3v) is 3.11. The maximum absolute atomic E-state index is 11.1. The van der Waals surface area contributed by atoms with E-state index >= 15 is 0 Å². The Morgan fingerprint density at radius 1 is 1.79 bits per heavy atom. The minimum absolute atomic E-state index is 0.447. The summed E-state index contributed by atoms with van der Waals surface area (Å²) in [5.41, 5.74) is 5.03. The molecule has 2 heterocycles. The van der Waals surface area contributed by atoms with Crippen molar-refractivity contribution in [1.82, 2.24) is 0 Å². The quantitative estimate of drug-likeness (QED) is 0.794. The van der Waals surface area contributed by atoms with Crippen LogP contribution in [0.5, 0.6) is 0 Å². The zero-order chi connectivity index (χ0) is 10.2. The van der Waals surface area contributed by atoms with Crippen molar-refractivity contribution in [2.75, 3.05) is 0 Å². The van der Waals surface area contributed by atoms with Crippen molar-refractivity contribution in [3.05, 3.63) is 22.4 Å². The van der Waals surface area contributed by atoms with Gasteiger partial charge in [-0.05, 0) is 18.4 Å². The molecule has 74 valence electrons. The molecule has 1 atom stereocenters. The lowest BCUT2D eigenvalue weighted by Crippen LogP contribution is -2.41. The standard InChI is InChI=1S/C9H10N2O2S/c1-9(8(10)12)5-6(11-13-9)7-3-2-4-14-7/h2-4H,5H2,1H3,(H2,10,12). The summed E-state index contributed by atoms with van der Waals surface area (Å²) in [6.07, 6.45) is 0.447. The molecule has 0 aromatic carbocycles. The number of hydrogen-bond donors (Lipinski definition) is 1. The molecule has 14 heavy (non-hydrogen) atoms. The predicted octanol–water partition coefficient (Wildman–Crippen LogP) is 1.12. The average molecular weight is 210 g/mol. The van der Waals surface area contributed by atoms with E-state index in [1.165, 1.54) is 0 Å². The van der Waals surface area contributed by atoms with Gasteiger partial charge in [-0.25, -0.2) is 0 Å². The highest BCUT2D eigenvalue weighted by Crippen LogP contribution is 2.27. The fourth-order valence-electron chi connectivity index (χ4n) is 1.25. The molecule has 0 saturated carbocycles. The summed E-state index contributed by atoms with van der Waals surface area (Å²) in [7, 11) is 0. The van der Waals surface area contributed by atoms with Gasteiger partial charge < -0.3 is 10.6 Å². The van der Waals surface area contributed by atoms with Gasteiger partial charge in [-0.3, -0.25) is 4.79 Å². The number of nitrogens with two attached hydrogens (primary N) is 1. The number of rotatable bonds is 2. The molecule has 1 amide bonds. The summed E-state index contributed by atoms with van der Waals surface area (Å²) < 4.78 is 0. The van der Waals surface area contributed by atoms with Gasteiger partial charge in [0.15, 0.2) is 0 Å². The van der Waals surface area contributed by atoms with Gasteiger partial charge in [0.05, 0.1) is 4.88 Å². The second-order valence-corrected chi connectivity index (χ2v) is 4.33. The summed E-state index contributed by atoms with van der Waals surface area (Å²) in [4.78, 5) is 17.1. The molecule has 0 radical (unpaired) electrons. The molecule has 1 aliphatic rings. The lowest BCUT2D eigenvalue weighted by Gasteiger charge is -2.15. The molecule has 2 N–H and O–H groups in total. The lowest BCUT2D eigenvalue weighted by atomic mass is 9.99. The molecule has 4 nitrogen and oxygen atoms in total. The van der Waals surface area contributed by atoms with Crippen LogP contribution in [0.1, 0.15) is 18.2 Å². The zero-order valence-electron chi connectivity index (χ0n) is 7.69. The largest absolute Gasteiger partial charge is 0.379 e. The molecule has 0 fully saturated rings. The fraction of sp³-hybridized carbons (Fsp3) is 0.333. The molecular formula is C9H10N2O2S. The highest BCUT2D eigenvalue weighted by Gasteiger charge is 2.40. The average Bonchev–Trinajstić information content (AvgIpc) is 2.72. The van der Waals surface area contributed by atoms with Crippen LogP contribution in [0.25, 0.3) is 0 Å². The molecule has 2 rings (SSSR count). The van der Waals surface area contributed by atoms with Crippen molar-refractivity contribution in [2.24, 2.45) is 10.9 Å². The predicted molar refractivity (Wildman–Crippen MR) is 54.2 cm³/mol. The molecular weight excluding hydrogens is 200 g/mol. The van der Waals surface area contributed by atoms with Crippen LogP contribution < -0.4 is 5.73 Å². The second-order valence-electron chi connectivity index (χ2n) is 3.38. The van der Waals surface area contributed by atoms with Crippen LogP contribution in [0, 0.1) is 0 Å². The summed E-state index contributed by atoms with van der Waals surface area (Å²) in [5, 5.41) is 5.83. The van der Waals surface area contributed by atoms with E-state index in [4.69, 9.17) is 10.6 Å². The molecule has 1 unspecified atom stereocenters. The first-order chi connectivity index (χ1) is 6.62. The van der Waals surface area contributed by atoms with E-state index in [1.54, 1.807) is 18.3 Å². The summed E-state index contributed by atoms with van der Waals surface area (Å²) >= 11 is 1.57. The van der Waals surface area contributed by atoms with Gasteiger partial charge in [-0.2, -0.15) is 0 Å². The normalized spacial score (nSPS) is 25.6. The SMILES string of the molecule is CC1(C(N)=O)CC(c2cccs2)=NO1. The Hall–Kier alpha value is -1.36. The third-order valence-electron chi connectivity index (χ3n) is 2.19. The van der Waals surface area contributed by atoms with E-state index in [0.717, 1.165) is 10.6 Å². The third kappa shape index (κ3) is 1.39. The van der Waals surface area contributed by atoms with E-state index < -0.39 is 11.5 Å². The van der Waals surface area contributed by atoms with E-state index in [-0.39, 0.29) is 0 Å². The van der Waals surface area contributed by atoms with E-state index in [2.05, 4.69) is 5.16 Å². The summed E-state index contributed by atoms with van der Waals surface area (Å²) in [6, 6.07) is 3.88. The van der Waals surface area contributed by atoms with Crippen molar-refractivity contribution in [2.45, 2.75) is 18.9 Å². The Kier molecular flexibility index (Phi) is 2.03. The number of carbonyl (C=O) groups excluding carboxylic acids is 1. The van der Waals surface area contributed by atoms with Gasteiger partial charge in [0, 0.05) is 6.42 Å². The highest BCUT2D eigenvalue weighted by molar-refractivity contribution is 7.12. The minimum Gasteiger partial charge on any atom is -0.379 e. The Bertz CT molecular complexity index is 386. The van der Waals surface area contributed by atoms with Crippen LogP contribution in [0.4, 0.5) is 0 Å². The van der Waals surface area contributed by atoms with Crippen molar-refractivity contribution in [3.63, 3.8) is 0 Å². The molecule has 1 aliphatic heterocycles. The first kappa shape index (κ1) is 9.21. The van der Waals surface area contributed by atoms with E-state index in [9.17, 15) is 4.79 Å². The number of nitrogens with zero attached hydrogens (tertiary/aromatic N) is 1. The van der Waals surface area contributed by atoms with Crippen molar-refractivity contribution in [1.29, 1.82) is 0 Å². The topological polar surface area (TPSA) is 64.7 Å². The van der Waals surface area contributed by atoms with Crippen LogP contribution in [-0.2, 0) is 9.63 Å². The van der Waals surface area contributed by atoms with E-state index in [1.807, 2.05) is 17.5 Å². The number of primary amides is 1. The van der Waals surface area contributed by atoms with Crippen LogP contribution in [0.3, 0.4) is 0 Å². The minimum atomic E-state index is -0.973. The van der Waals surface area contributed by atoms with Gasteiger partial charge in [-0.1, -0.05) is 11.2 Å². The first-order valence-corrected chi connectivity index (χ1v) is 5.09. The lowest BCUT2D eigenvalue weighted by molar-refractivity contribution is -0.138. The van der Waals surface area contributed by atoms with Crippen LogP contribution >= 0.6 is 11.3 Å². The van der Waals surface area contributed by atoms with Gasteiger partial charge in [-0.15, -0.1) is 11.3 Å². The summed E-state index contributed by atoms with van der Waals surface area (Å²) in [5.74, 6) is -0.479. The Morgan fingerprint density at radius 2 is 2.57 bits per heavy atom. The summed E-state index contributed by atoms with van der Waals surface area (Å²) in [6.45, 7) is 1.65. The maximum atomic E-state index is 11.1. The van der Waals surface area contributed by atoms with Gasteiger partial charge >= 0.3 is 0 Å². The van der Waals surface area contributed by atoms with Crippen molar-refractivity contribution >= 4 is 23.0 Å². The number of carbonyl (C=O) groups is 1. The molecule has 0 aliphatic carbocycles. The molecule has 0 spiro atoms. The Labute approximate surface area is 85.4 Å². The number of oxime groups is 1. The molecule has 1 aromatic heterocycles. The smallest absolute Gasteiger partial charge is 0.264 e. The van der Waals surface area contributed by atoms with Crippen LogP contribution in [-0.4, -0.2) is 17.2 Å². The Balaban J connectivity index is 2.19. The fourth-order valence-corrected chi connectivity index (χ4v) is 1.95. The van der Waals surface area contributed by atoms with Crippen LogP contribution in [0.15, 0.2) is 22.7 Å². The first-order valence-electron chi connectivity index (χ1n) is 4.21. The van der Waals surface area contributed by atoms with Crippen LogP contribution in [0.2, 0.25) is 0 Å². The van der Waals surface area contributed by atoms with Crippen molar-refractivity contribution in [3.8, 4) is 0 Å². The zero-order valence-corrected chi connectivity index (χ0v) is 8.50. The Morgan fingerprint density at radius 3 is 3.07 bits per heavy atom. The van der Waals surface area contributed by atoms with Crippen molar-refractivity contribution < 1.29 is 9.63 Å². The maximum Gasteiger partial charge on any atom is 0.264 e. The van der Waals surface area contributed by atoms with Gasteiger partial charge in [0.25, 0.3) is 5.91 Å². The second kappa shape index (κ2) is 3.09. The number of amides is 1. The molecule has 0 bridgehead atoms. The highest BCUT2D eigenvalue weighted by atomic mass is 32.1. The molecule has 0 saturated heterocycles. The monoisotopic (exact) mass is 210 g/mol.